The van der Waals surface area contributed by atoms with Crippen molar-refractivity contribution in [2.24, 2.45) is 0 Å². The van der Waals surface area contributed by atoms with Gasteiger partial charge in [0.2, 0.25) is 5.91 Å². The topological polar surface area (TPSA) is 74.7 Å². The molecule has 0 unspecified atom stereocenters. The number of fused-ring (bicyclic) bond motifs is 2. The van der Waals surface area contributed by atoms with Crippen molar-refractivity contribution in [2.75, 3.05) is 32.5 Å². The first-order valence-electron chi connectivity index (χ1n) is 10.4. The lowest BCUT2D eigenvalue weighted by atomic mass is 10.1. The lowest BCUT2D eigenvalue weighted by Gasteiger charge is -2.13. The molecular formula is C24H26N4O3. The van der Waals surface area contributed by atoms with Gasteiger partial charge in [-0.3, -0.25) is 19.3 Å². The maximum atomic E-state index is 12.4. The molecule has 0 atom stereocenters. The van der Waals surface area contributed by atoms with Crippen molar-refractivity contribution in [3.05, 3.63) is 65.9 Å². The molecule has 1 N–H and O–H groups in total. The van der Waals surface area contributed by atoms with Crippen LogP contribution in [-0.2, 0) is 11.3 Å². The normalized spacial score (nSPS) is 13.3. The number of hydrogen-bond acceptors (Lipinski definition) is 4. The lowest BCUT2D eigenvalue weighted by molar-refractivity contribution is -0.116. The summed E-state index contributed by atoms with van der Waals surface area (Å²) in [5, 5.41) is 3.99. The number of carbonyl (C=O) groups excluding carboxylic acids is 3. The molecule has 7 nitrogen and oxygen atoms in total. The number of anilines is 1. The van der Waals surface area contributed by atoms with E-state index in [1.54, 1.807) is 24.3 Å². The summed E-state index contributed by atoms with van der Waals surface area (Å²) in [7, 11) is 4.10. The number of hydrogen-bond donors (Lipinski definition) is 1. The molecule has 1 aliphatic rings. The fraction of sp³-hybridized carbons (Fsp3) is 0.292. The van der Waals surface area contributed by atoms with Crippen LogP contribution < -0.4 is 5.32 Å². The van der Waals surface area contributed by atoms with Gasteiger partial charge >= 0.3 is 0 Å². The third kappa shape index (κ3) is 4.36. The Morgan fingerprint density at radius 3 is 2.35 bits per heavy atom. The van der Waals surface area contributed by atoms with Crippen molar-refractivity contribution in [1.82, 2.24) is 14.4 Å². The van der Waals surface area contributed by atoms with Crippen molar-refractivity contribution in [2.45, 2.75) is 19.4 Å². The van der Waals surface area contributed by atoms with Crippen LogP contribution in [0.2, 0.25) is 0 Å². The molecule has 1 aromatic heterocycles. The van der Waals surface area contributed by atoms with E-state index < -0.39 is 0 Å². The predicted octanol–water partition coefficient (Wildman–Crippen LogP) is 3.22. The van der Waals surface area contributed by atoms with Gasteiger partial charge in [0.05, 0.1) is 11.1 Å². The molecule has 7 heteroatoms. The maximum Gasteiger partial charge on any atom is 0.261 e. The summed E-state index contributed by atoms with van der Waals surface area (Å²) in [6, 6.07) is 14.7. The molecule has 0 radical (unpaired) electrons. The maximum absolute atomic E-state index is 12.4. The van der Waals surface area contributed by atoms with Crippen LogP contribution in [0, 0.1) is 0 Å². The molecule has 2 aromatic carbocycles. The summed E-state index contributed by atoms with van der Waals surface area (Å²) in [5.74, 6) is -0.710. The first-order valence-corrected chi connectivity index (χ1v) is 10.4. The van der Waals surface area contributed by atoms with Gasteiger partial charge in [-0.05, 0) is 56.9 Å². The first-order chi connectivity index (χ1) is 14.9. The van der Waals surface area contributed by atoms with Gasteiger partial charge in [0, 0.05) is 48.8 Å². The molecular weight excluding hydrogens is 392 g/mol. The molecule has 3 aromatic rings. The van der Waals surface area contributed by atoms with Crippen LogP contribution in [0.25, 0.3) is 10.9 Å². The summed E-state index contributed by atoms with van der Waals surface area (Å²) in [4.78, 5) is 40.5. The van der Waals surface area contributed by atoms with E-state index >= 15 is 0 Å². The molecule has 0 spiro atoms. The predicted molar refractivity (Wildman–Crippen MR) is 120 cm³/mol. The summed E-state index contributed by atoms with van der Waals surface area (Å²) in [5.41, 5.74) is 2.74. The molecule has 3 amide bonds. The molecule has 2 heterocycles. The average molecular weight is 418 g/mol. The molecule has 31 heavy (non-hydrogen) atoms. The largest absolute Gasteiger partial charge is 0.346 e. The molecule has 0 aliphatic carbocycles. The van der Waals surface area contributed by atoms with E-state index in [4.69, 9.17) is 0 Å². The van der Waals surface area contributed by atoms with Gasteiger partial charge in [0.15, 0.2) is 0 Å². The molecule has 0 fully saturated rings. The Balaban J connectivity index is 1.31. The quantitative estimate of drug-likeness (QED) is 0.570. The molecule has 1 aliphatic heterocycles. The van der Waals surface area contributed by atoms with Crippen LogP contribution in [0.5, 0.6) is 0 Å². The van der Waals surface area contributed by atoms with Crippen molar-refractivity contribution in [1.29, 1.82) is 0 Å². The van der Waals surface area contributed by atoms with Gasteiger partial charge < -0.3 is 14.8 Å². The Morgan fingerprint density at radius 2 is 1.68 bits per heavy atom. The van der Waals surface area contributed by atoms with E-state index in [2.05, 4.69) is 21.0 Å². The number of nitrogens with one attached hydrogen (secondary N) is 1. The molecule has 0 saturated heterocycles. The number of benzene rings is 2. The fourth-order valence-corrected chi connectivity index (χ4v) is 3.84. The van der Waals surface area contributed by atoms with Crippen LogP contribution >= 0.6 is 0 Å². The zero-order chi connectivity index (χ0) is 22.0. The zero-order valence-corrected chi connectivity index (χ0v) is 17.8. The second-order valence-corrected chi connectivity index (χ2v) is 8.05. The summed E-state index contributed by atoms with van der Waals surface area (Å²) < 4.78 is 2.20. The van der Waals surface area contributed by atoms with E-state index in [1.807, 2.05) is 38.4 Å². The second kappa shape index (κ2) is 8.73. The van der Waals surface area contributed by atoms with Crippen LogP contribution in [0.3, 0.4) is 0 Å². The Labute approximate surface area is 181 Å². The highest BCUT2D eigenvalue weighted by Crippen LogP contribution is 2.23. The smallest absolute Gasteiger partial charge is 0.261 e. The molecule has 4 rings (SSSR count). The lowest BCUT2D eigenvalue weighted by Crippen LogP contribution is -2.31. The van der Waals surface area contributed by atoms with Crippen LogP contribution in [-0.4, -0.2) is 59.3 Å². The highest BCUT2D eigenvalue weighted by Gasteiger charge is 2.34. The summed E-state index contributed by atoms with van der Waals surface area (Å²) in [6.07, 6.45) is 2.71. The van der Waals surface area contributed by atoms with Gasteiger partial charge in [-0.2, -0.15) is 0 Å². The van der Waals surface area contributed by atoms with Gasteiger partial charge in [0.25, 0.3) is 11.8 Å². The van der Waals surface area contributed by atoms with Gasteiger partial charge in [-0.1, -0.05) is 12.1 Å². The Hall–Kier alpha value is -3.45. The number of nitrogens with zero attached hydrogens (tertiary/aromatic N) is 3. The minimum atomic E-state index is -0.287. The fourth-order valence-electron chi connectivity index (χ4n) is 3.84. The Bertz CT molecular complexity index is 1110. The third-order valence-electron chi connectivity index (χ3n) is 5.51. The SMILES string of the molecule is CN(C)CCn1ccc2cc(NC(=O)CCCN3C(=O)c4ccccc4C3=O)ccc21. The highest BCUT2D eigenvalue weighted by atomic mass is 16.2. The number of rotatable bonds is 8. The highest BCUT2D eigenvalue weighted by molar-refractivity contribution is 6.21. The Morgan fingerprint density at radius 1 is 0.968 bits per heavy atom. The van der Waals surface area contributed by atoms with E-state index in [1.165, 1.54) is 4.90 Å². The van der Waals surface area contributed by atoms with Gasteiger partial charge in [0.1, 0.15) is 0 Å². The van der Waals surface area contributed by atoms with Crippen LogP contribution in [0.15, 0.2) is 54.7 Å². The number of imide groups is 1. The van der Waals surface area contributed by atoms with Crippen molar-refractivity contribution in [3.63, 3.8) is 0 Å². The standard InChI is InChI=1S/C24H26N4O3/c1-26(2)14-15-27-13-11-17-16-18(9-10-21(17)27)25-22(29)8-5-12-28-23(30)19-6-3-4-7-20(19)24(28)31/h3-4,6-7,9-11,13,16H,5,8,12,14-15H2,1-2H3,(H,25,29). The molecule has 0 bridgehead atoms. The summed E-state index contributed by atoms with van der Waals surface area (Å²) >= 11 is 0. The number of amides is 3. The van der Waals surface area contributed by atoms with Crippen LogP contribution in [0.4, 0.5) is 5.69 Å². The van der Waals surface area contributed by atoms with E-state index in [9.17, 15) is 14.4 Å². The van der Waals surface area contributed by atoms with Crippen LogP contribution in [0.1, 0.15) is 33.6 Å². The van der Waals surface area contributed by atoms with Gasteiger partial charge in [-0.15, -0.1) is 0 Å². The third-order valence-corrected chi connectivity index (χ3v) is 5.51. The van der Waals surface area contributed by atoms with E-state index in [0.29, 0.717) is 17.5 Å². The average Bonchev–Trinajstić information content (AvgIpc) is 3.26. The first kappa shape index (κ1) is 20.8. The number of carbonyl (C=O) groups is 3. The minimum Gasteiger partial charge on any atom is -0.346 e. The Kier molecular flexibility index (Phi) is 5.86. The molecule has 160 valence electrons. The summed E-state index contributed by atoms with van der Waals surface area (Å²) in [6.45, 7) is 2.09. The van der Waals surface area contributed by atoms with Crippen molar-refractivity contribution < 1.29 is 14.4 Å². The second-order valence-electron chi connectivity index (χ2n) is 8.05. The molecule has 0 saturated carbocycles. The van der Waals surface area contributed by atoms with Gasteiger partial charge in [-0.25, -0.2) is 0 Å². The van der Waals surface area contributed by atoms with E-state index in [-0.39, 0.29) is 30.7 Å². The monoisotopic (exact) mass is 418 g/mol. The van der Waals surface area contributed by atoms with Crippen molar-refractivity contribution in [3.8, 4) is 0 Å². The number of likely N-dealkylation sites (N-methyl/N-ethyl adjacent to an activating group) is 1. The van der Waals surface area contributed by atoms with Crippen molar-refractivity contribution >= 4 is 34.3 Å². The number of aromatic nitrogens is 1. The minimum absolute atomic E-state index is 0.136. The van der Waals surface area contributed by atoms with E-state index in [0.717, 1.165) is 29.7 Å². The zero-order valence-electron chi connectivity index (χ0n) is 17.8.